The Hall–Kier alpha value is -1.68. The van der Waals surface area contributed by atoms with Gasteiger partial charge in [-0.1, -0.05) is 12.1 Å². The molecule has 1 amide bonds. The van der Waals surface area contributed by atoms with Crippen LogP contribution in [0.3, 0.4) is 0 Å². The molecule has 1 unspecified atom stereocenters. The molecule has 1 heterocycles. The van der Waals surface area contributed by atoms with Gasteiger partial charge in [0.25, 0.3) is 0 Å². The Bertz CT molecular complexity index is 578. The second kappa shape index (κ2) is 6.66. The average molecular weight is 289 g/mol. The van der Waals surface area contributed by atoms with Crippen LogP contribution in [-0.2, 0) is 10.5 Å². The van der Waals surface area contributed by atoms with Crippen molar-refractivity contribution in [1.82, 2.24) is 0 Å². The molecule has 1 N–H and O–H groups in total. The quantitative estimate of drug-likeness (QED) is 0.898. The van der Waals surface area contributed by atoms with Gasteiger partial charge in [-0.15, -0.1) is 11.8 Å². The van der Waals surface area contributed by atoms with E-state index in [0.29, 0.717) is 5.75 Å². The minimum Gasteiger partial charge on any atom is -0.468 e. The van der Waals surface area contributed by atoms with Crippen LogP contribution >= 0.6 is 11.8 Å². The van der Waals surface area contributed by atoms with Gasteiger partial charge in [-0.05, 0) is 50.1 Å². The predicted octanol–water partition coefficient (Wildman–Crippen LogP) is 4.16. The van der Waals surface area contributed by atoms with Crippen LogP contribution in [0.2, 0.25) is 0 Å². The van der Waals surface area contributed by atoms with E-state index in [2.05, 4.69) is 5.32 Å². The number of hydrogen-bond acceptors (Lipinski definition) is 3. The van der Waals surface area contributed by atoms with Gasteiger partial charge in [0.1, 0.15) is 5.76 Å². The van der Waals surface area contributed by atoms with Gasteiger partial charge in [0.2, 0.25) is 5.91 Å². The summed E-state index contributed by atoms with van der Waals surface area (Å²) in [5.74, 6) is 1.62. The van der Waals surface area contributed by atoms with Gasteiger partial charge in [-0.2, -0.15) is 0 Å². The topological polar surface area (TPSA) is 42.2 Å². The lowest BCUT2D eigenvalue weighted by molar-refractivity contribution is -0.115. The molecule has 0 spiro atoms. The third-order valence-electron chi connectivity index (χ3n) is 3.29. The highest BCUT2D eigenvalue weighted by Gasteiger charge is 2.15. The van der Waals surface area contributed by atoms with Crippen LogP contribution in [0.4, 0.5) is 5.69 Å². The average Bonchev–Trinajstić information content (AvgIpc) is 2.94. The molecule has 2 aromatic rings. The number of thioether (sulfide) groups is 1. The van der Waals surface area contributed by atoms with Gasteiger partial charge in [0, 0.05) is 5.69 Å². The number of anilines is 1. The van der Waals surface area contributed by atoms with Crippen LogP contribution in [0.15, 0.2) is 41.0 Å². The summed E-state index contributed by atoms with van der Waals surface area (Å²) in [6.45, 7) is 5.97. The Kier molecular flexibility index (Phi) is 4.90. The van der Waals surface area contributed by atoms with E-state index in [1.807, 2.05) is 51.1 Å². The molecule has 1 aromatic heterocycles. The number of nitrogens with one attached hydrogen (secondary N) is 1. The van der Waals surface area contributed by atoms with Gasteiger partial charge in [0.15, 0.2) is 0 Å². The second-order valence-electron chi connectivity index (χ2n) is 4.77. The lowest BCUT2D eigenvalue weighted by Gasteiger charge is -2.14. The molecule has 0 fully saturated rings. The van der Waals surface area contributed by atoms with Crippen LogP contribution in [0.1, 0.15) is 23.8 Å². The molecule has 0 saturated carbocycles. The van der Waals surface area contributed by atoms with Crippen molar-refractivity contribution in [1.29, 1.82) is 0 Å². The molecule has 0 aliphatic carbocycles. The molecular weight excluding hydrogens is 270 g/mol. The molecular formula is C16H19NO2S. The van der Waals surface area contributed by atoms with Crippen molar-refractivity contribution in [2.75, 3.05) is 5.32 Å². The smallest absolute Gasteiger partial charge is 0.237 e. The Labute approximate surface area is 123 Å². The molecule has 0 saturated heterocycles. The Morgan fingerprint density at radius 1 is 1.30 bits per heavy atom. The van der Waals surface area contributed by atoms with Crippen LogP contribution in [0.5, 0.6) is 0 Å². The molecule has 1 aromatic carbocycles. The zero-order valence-electron chi connectivity index (χ0n) is 12.0. The van der Waals surface area contributed by atoms with E-state index in [0.717, 1.165) is 17.0 Å². The SMILES string of the molecule is Cc1cccc(NC(=O)C(C)SCc2ccco2)c1C. The molecule has 1 atom stereocenters. The van der Waals surface area contributed by atoms with Gasteiger partial charge < -0.3 is 9.73 Å². The van der Waals surface area contributed by atoms with E-state index in [4.69, 9.17) is 4.42 Å². The number of rotatable bonds is 5. The summed E-state index contributed by atoms with van der Waals surface area (Å²) in [6, 6.07) is 9.71. The number of benzene rings is 1. The molecule has 20 heavy (non-hydrogen) atoms. The summed E-state index contributed by atoms with van der Waals surface area (Å²) in [5, 5.41) is 2.87. The first kappa shape index (κ1) is 14.7. The Morgan fingerprint density at radius 2 is 2.10 bits per heavy atom. The van der Waals surface area contributed by atoms with Gasteiger partial charge in [-0.3, -0.25) is 4.79 Å². The van der Waals surface area contributed by atoms with Crippen LogP contribution in [-0.4, -0.2) is 11.2 Å². The first-order chi connectivity index (χ1) is 9.58. The highest BCUT2D eigenvalue weighted by molar-refractivity contribution is 7.99. The summed E-state index contributed by atoms with van der Waals surface area (Å²) >= 11 is 1.57. The zero-order chi connectivity index (χ0) is 14.5. The number of carbonyl (C=O) groups excluding carboxylic acids is 1. The first-order valence-corrected chi connectivity index (χ1v) is 7.64. The van der Waals surface area contributed by atoms with Gasteiger partial charge in [-0.25, -0.2) is 0 Å². The maximum absolute atomic E-state index is 12.2. The minimum atomic E-state index is -0.125. The Balaban J connectivity index is 1.92. The minimum absolute atomic E-state index is 0.0234. The van der Waals surface area contributed by atoms with E-state index in [1.165, 1.54) is 5.56 Å². The maximum atomic E-state index is 12.2. The fourth-order valence-electron chi connectivity index (χ4n) is 1.80. The lowest BCUT2D eigenvalue weighted by atomic mass is 10.1. The first-order valence-electron chi connectivity index (χ1n) is 6.59. The highest BCUT2D eigenvalue weighted by Crippen LogP contribution is 2.22. The number of carbonyl (C=O) groups is 1. The van der Waals surface area contributed by atoms with Crippen molar-refractivity contribution >= 4 is 23.4 Å². The van der Waals surface area contributed by atoms with Crippen molar-refractivity contribution < 1.29 is 9.21 Å². The van der Waals surface area contributed by atoms with Crippen LogP contribution in [0, 0.1) is 13.8 Å². The van der Waals surface area contributed by atoms with E-state index in [1.54, 1.807) is 18.0 Å². The highest BCUT2D eigenvalue weighted by atomic mass is 32.2. The molecule has 2 rings (SSSR count). The van der Waals surface area contributed by atoms with Crippen molar-refractivity contribution in [2.24, 2.45) is 0 Å². The fraction of sp³-hybridized carbons (Fsp3) is 0.312. The maximum Gasteiger partial charge on any atom is 0.237 e. The summed E-state index contributed by atoms with van der Waals surface area (Å²) in [4.78, 5) is 12.2. The summed E-state index contributed by atoms with van der Waals surface area (Å²) in [6.07, 6.45) is 1.65. The van der Waals surface area contributed by atoms with Crippen molar-refractivity contribution in [3.8, 4) is 0 Å². The summed E-state index contributed by atoms with van der Waals surface area (Å²) in [5.41, 5.74) is 3.18. The largest absolute Gasteiger partial charge is 0.468 e. The standard InChI is InChI=1S/C16H19NO2S/c1-11-6-4-8-15(12(11)2)17-16(18)13(3)20-10-14-7-5-9-19-14/h4-9,13H,10H2,1-3H3,(H,17,18). The molecule has 3 nitrogen and oxygen atoms in total. The number of aryl methyl sites for hydroxylation is 1. The monoisotopic (exact) mass is 289 g/mol. The van der Waals surface area contributed by atoms with E-state index in [9.17, 15) is 4.79 Å². The third kappa shape index (κ3) is 3.67. The van der Waals surface area contributed by atoms with E-state index >= 15 is 0 Å². The summed E-state index contributed by atoms with van der Waals surface area (Å²) in [7, 11) is 0. The van der Waals surface area contributed by atoms with E-state index < -0.39 is 0 Å². The number of hydrogen-bond donors (Lipinski definition) is 1. The normalized spacial score (nSPS) is 12.2. The zero-order valence-corrected chi connectivity index (χ0v) is 12.8. The number of amides is 1. The molecule has 0 radical (unpaired) electrons. The van der Waals surface area contributed by atoms with Crippen LogP contribution < -0.4 is 5.32 Å². The van der Waals surface area contributed by atoms with E-state index in [-0.39, 0.29) is 11.2 Å². The molecule has 4 heteroatoms. The Morgan fingerprint density at radius 3 is 2.80 bits per heavy atom. The number of furan rings is 1. The second-order valence-corrected chi connectivity index (χ2v) is 6.10. The van der Waals surface area contributed by atoms with Crippen LogP contribution in [0.25, 0.3) is 0 Å². The summed E-state index contributed by atoms with van der Waals surface area (Å²) < 4.78 is 5.26. The molecule has 106 valence electrons. The molecule has 0 bridgehead atoms. The van der Waals surface area contributed by atoms with Gasteiger partial charge >= 0.3 is 0 Å². The van der Waals surface area contributed by atoms with Crippen molar-refractivity contribution in [2.45, 2.75) is 31.8 Å². The molecule has 0 aliphatic heterocycles. The predicted molar refractivity (Wildman–Crippen MR) is 84.0 cm³/mol. The third-order valence-corrected chi connectivity index (χ3v) is 4.45. The fourth-order valence-corrected chi connectivity index (χ4v) is 2.59. The van der Waals surface area contributed by atoms with Crippen molar-refractivity contribution in [3.63, 3.8) is 0 Å². The van der Waals surface area contributed by atoms with Gasteiger partial charge in [0.05, 0.1) is 17.3 Å². The van der Waals surface area contributed by atoms with Crippen molar-refractivity contribution in [3.05, 3.63) is 53.5 Å². The lowest BCUT2D eigenvalue weighted by Crippen LogP contribution is -2.23. The molecule has 0 aliphatic rings.